The van der Waals surface area contributed by atoms with Crippen LogP contribution in [0.1, 0.15) is 25.7 Å². The van der Waals surface area contributed by atoms with Gasteiger partial charge in [0, 0.05) is 24.2 Å². The van der Waals surface area contributed by atoms with Gasteiger partial charge in [0.05, 0.1) is 17.6 Å². The Kier molecular flexibility index (Phi) is 5.56. The van der Waals surface area contributed by atoms with Gasteiger partial charge in [0.2, 0.25) is 11.7 Å². The minimum absolute atomic E-state index is 0.0130. The molecule has 118 valence electrons. The second-order valence-electron chi connectivity index (χ2n) is 4.89. The van der Waals surface area contributed by atoms with Gasteiger partial charge in [-0.2, -0.15) is 4.98 Å². The molecule has 1 heterocycles. The van der Waals surface area contributed by atoms with E-state index in [1.54, 1.807) is 12.1 Å². The number of nitrogens with one attached hydrogen (secondary N) is 1. The number of nitro groups is 1. The van der Waals surface area contributed by atoms with E-state index in [-0.39, 0.29) is 11.8 Å². The lowest BCUT2D eigenvalue weighted by molar-refractivity contribution is -0.384. The van der Waals surface area contributed by atoms with E-state index >= 15 is 0 Å². The lowest BCUT2D eigenvalue weighted by atomic mass is 10.2. The molecule has 0 fully saturated rings. The van der Waals surface area contributed by atoms with Gasteiger partial charge in [-0.1, -0.05) is 18.5 Å². The molecular formula is C14H18N4O4. The number of aromatic nitrogens is 2. The Hall–Kier alpha value is -2.32. The highest BCUT2D eigenvalue weighted by Crippen LogP contribution is 2.19. The number of hydrogen-bond acceptors (Lipinski definition) is 7. The zero-order chi connectivity index (χ0) is 15.9. The number of nitrogens with zero attached hydrogens (tertiary/aromatic N) is 3. The first-order chi connectivity index (χ1) is 10.6. The molecule has 1 unspecified atom stereocenters. The average molecular weight is 306 g/mol. The summed E-state index contributed by atoms with van der Waals surface area (Å²) in [6.07, 6.45) is 1.28. The Labute approximate surface area is 127 Å². The molecule has 1 aromatic heterocycles. The van der Waals surface area contributed by atoms with Crippen LogP contribution in [0, 0.1) is 10.1 Å². The van der Waals surface area contributed by atoms with Crippen molar-refractivity contribution in [1.29, 1.82) is 0 Å². The zero-order valence-electron chi connectivity index (χ0n) is 12.2. The summed E-state index contributed by atoms with van der Waals surface area (Å²) in [6.45, 7) is 2.83. The van der Waals surface area contributed by atoms with Crippen LogP contribution in [-0.4, -0.2) is 32.8 Å². The normalized spacial score (nSPS) is 12.3. The van der Waals surface area contributed by atoms with E-state index in [0.29, 0.717) is 30.4 Å². The number of benzene rings is 1. The monoisotopic (exact) mass is 306 g/mol. The summed E-state index contributed by atoms with van der Waals surface area (Å²) in [4.78, 5) is 14.3. The van der Waals surface area contributed by atoms with Crippen molar-refractivity contribution < 1.29 is 14.6 Å². The second kappa shape index (κ2) is 7.62. The molecule has 0 radical (unpaired) electrons. The maximum atomic E-state index is 10.6. The molecule has 2 N–H and O–H groups in total. The minimum Gasteiger partial charge on any atom is -0.392 e. The van der Waals surface area contributed by atoms with Crippen molar-refractivity contribution in [2.45, 2.75) is 32.4 Å². The van der Waals surface area contributed by atoms with Gasteiger partial charge >= 0.3 is 0 Å². The molecule has 0 amide bonds. The molecule has 0 aliphatic carbocycles. The Morgan fingerprint density at radius 2 is 2.14 bits per heavy atom. The van der Waals surface area contributed by atoms with Crippen LogP contribution in [0.2, 0.25) is 0 Å². The zero-order valence-corrected chi connectivity index (χ0v) is 12.2. The minimum atomic E-state index is -0.461. The summed E-state index contributed by atoms with van der Waals surface area (Å²) in [7, 11) is 0. The van der Waals surface area contributed by atoms with Crippen LogP contribution in [0.15, 0.2) is 28.8 Å². The maximum absolute atomic E-state index is 10.6. The van der Waals surface area contributed by atoms with E-state index < -0.39 is 4.92 Å². The van der Waals surface area contributed by atoms with Crippen molar-refractivity contribution in [2.24, 2.45) is 0 Å². The van der Waals surface area contributed by atoms with Gasteiger partial charge in [-0.25, -0.2) is 0 Å². The molecule has 0 aliphatic heterocycles. The number of nitro benzene ring substituents is 1. The summed E-state index contributed by atoms with van der Waals surface area (Å²) in [5, 5.41) is 27.1. The van der Waals surface area contributed by atoms with Gasteiger partial charge in [-0.15, -0.1) is 0 Å². The van der Waals surface area contributed by atoms with E-state index in [9.17, 15) is 15.2 Å². The second-order valence-corrected chi connectivity index (χ2v) is 4.89. The van der Waals surface area contributed by atoms with Gasteiger partial charge in [0.15, 0.2) is 0 Å². The highest BCUT2D eigenvalue weighted by atomic mass is 16.6. The van der Waals surface area contributed by atoms with E-state index in [1.807, 2.05) is 6.92 Å². The summed E-state index contributed by atoms with van der Waals surface area (Å²) in [6, 6.07) is 5.94. The lowest BCUT2D eigenvalue weighted by Gasteiger charge is -2.08. The number of hydrogen-bond donors (Lipinski definition) is 2. The Morgan fingerprint density at radius 1 is 1.41 bits per heavy atom. The molecule has 0 spiro atoms. The van der Waals surface area contributed by atoms with Crippen molar-refractivity contribution in [3.05, 3.63) is 40.3 Å². The van der Waals surface area contributed by atoms with Crippen LogP contribution in [0.3, 0.4) is 0 Å². The molecule has 1 atom stereocenters. The molecule has 1 aromatic carbocycles. The fourth-order valence-corrected chi connectivity index (χ4v) is 1.96. The third kappa shape index (κ3) is 4.34. The standard InChI is InChI=1S/C14H18N4O4/c1-2-3-12(19)8-15-9-13-16-14(17-22-13)10-4-6-11(7-5-10)18(20)21/h4-7,12,15,19H,2-3,8-9H2,1H3. The molecule has 8 heteroatoms. The van der Waals surface area contributed by atoms with Gasteiger partial charge in [0.25, 0.3) is 5.69 Å². The molecule has 0 aliphatic rings. The predicted molar refractivity (Wildman–Crippen MR) is 79.0 cm³/mol. The van der Waals surface area contributed by atoms with Gasteiger partial charge in [-0.05, 0) is 18.6 Å². The molecule has 2 rings (SSSR count). The molecule has 0 saturated heterocycles. The predicted octanol–water partition coefficient (Wildman–Crippen LogP) is 1.90. The first-order valence-corrected chi connectivity index (χ1v) is 7.06. The Bertz CT molecular complexity index is 612. The SMILES string of the molecule is CCCC(O)CNCc1nc(-c2ccc([N+](=O)[O-])cc2)no1. The van der Waals surface area contributed by atoms with Crippen LogP contribution in [0.5, 0.6) is 0 Å². The quantitative estimate of drug-likeness (QED) is 0.565. The van der Waals surface area contributed by atoms with Gasteiger partial charge in [-0.3, -0.25) is 10.1 Å². The summed E-state index contributed by atoms with van der Waals surface area (Å²) in [5.74, 6) is 0.776. The summed E-state index contributed by atoms with van der Waals surface area (Å²) in [5.41, 5.74) is 0.658. The molecular weight excluding hydrogens is 288 g/mol. The number of rotatable bonds is 8. The topological polar surface area (TPSA) is 114 Å². The molecule has 8 nitrogen and oxygen atoms in total. The highest BCUT2D eigenvalue weighted by molar-refractivity contribution is 5.56. The van der Waals surface area contributed by atoms with E-state index in [2.05, 4.69) is 15.5 Å². The van der Waals surface area contributed by atoms with Crippen LogP contribution in [0.4, 0.5) is 5.69 Å². The first kappa shape index (κ1) is 16.1. The van der Waals surface area contributed by atoms with E-state index in [0.717, 1.165) is 12.8 Å². The van der Waals surface area contributed by atoms with Crippen LogP contribution < -0.4 is 5.32 Å². The van der Waals surface area contributed by atoms with Crippen molar-refractivity contribution in [2.75, 3.05) is 6.54 Å². The molecule has 2 aromatic rings. The largest absolute Gasteiger partial charge is 0.392 e. The van der Waals surface area contributed by atoms with Crippen molar-refractivity contribution in [3.63, 3.8) is 0 Å². The smallest absolute Gasteiger partial charge is 0.269 e. The molecule has 0 bridgehead atoms. The number of aliphatic hydroxyl groups is 1. The van der Waals surface area contributed by atoms with Crippen LogP contribution in [-0.2, 0) is 6.54 Å². The van der Waals surface area contributed by atoms with Crippen LogP contribution >= 0.6 is 0 Å². The van der Waals surface area contributed by atoms with Crippen molar-refractivity contribution >= 4 is 5.69 Å². The summed E-state index contributed by atoms with van der Waals surface area (Å²) >= 11 is 0. The highest BCUT2D eigenvalue weighted by Gasteiger charge is 2.11. The summed E-state index contributed by atoms with van der Waals surface area (Å²) < 4.78 is 5.10. The van der Waals surface area contributed by atoms with Gasteiger partial charge < -0.3 is 14.9 Å². The fourth-order valence-electron chi connectivity index (χ4n) is 1.96. The van der Waals surface area contributed by atoms with Crippen molar-refractivity contribution in [3.8, 4) is 11.4 Å². The number of aliphatic hydroxyl groups excluding tert-OH is 1. The van der Waals surface area contributed by atoms with Gasteiger partial charge in [0.1, 0.15) is 0 Å². The van der Waals surface area contributed by atoms with Crippen molar-refractivity contribution in [1.82, 2.24) is 15.5 Å². The fraction of sp³-hybridized carbons (Fsp3) is 0.429. The molecule has 22 heavy (non-hydrogen) atoms. The third-order valence-electron chi connectivity index (χ3n) is 3.08. The Balaban J connectivity index is 1.92. The van der Waals surface area contributed by atoms with Crippen LogP contribution in [0.25, 0.3) is 11.4 Å². The average Bonchev–Trinajstić information content (AvgIpc) is 2.96. The lowest BCUT2D eigenvalue weighted by Crippen LogP contribution is -2.26. The van der Waals surface area contributed by atoms with E-state index in [1.165, 1.54) is 12.1 Å². The Morgan fingerprint density at radius 3 is 2.77 bits per heavy atom. The molecule has 0 saturated carbocycles. The van der Waals surface area contributed by atoms with E-state index in [4.69, 9.17) is 4.52 Å². The maximum Gasteiger partial charge on any atom is 0.269 e. The number of non-ortho nitro benzene ring substituents is 1. The first-order valence-electron chi connectivity index (χ1n) is 7.06. The third-order valence-corrected chi connectivity index (χ3v) is 3.08.